The first-order chi connectivity index (χ1) is 24.0. The SMILES string of the molecule is CC(O)C(=O)N(C[C@@H]1CNC[C@@H]1F)[C@@H](c1nc(-c2cc(F)ccc2F)cn1Cc1ccccc1)C1CN(C(=O)OCCN2C(=O)C=CC2=O)C1. The number of hydrogen-bond acceptors (Lipinski definition) is 8. The maximum atomic E-state index is 15.1. The third-order valence-corrected chi connectivity index (χ3v) is 9.19. The van der Waals surface area contributed by atoms with Crippen molar-refractivity contribution in [1.82, 2.24) is 29.6 Å². The molecule has 4 heterocycles. The monoisotopic (exact) mass is 694 g/mol. The molecule has 3 aromatic rings. The van der Waals surface area contributed by atoms with Crippen molar-refractivity contribution in [2.24, 2.45) is 11.8 Å². The zero-order valence-electron chi connectivity index (χ0n) is 27.3. The minimum Gasteiger partial charge on any atom is -0.448 e. The van der Waals surface area contributed by atoms with Crippen LogP contribution in [0.25, 0.3) is 11.3 Å². The number of aromatic nitrogens is 2. The summed E-state index contributed by atoms with van der Waals surface area (Å²) in [6.07, 6.45) is 0.390. The molecule has 12 nitrogen and oxygen atoms in total. The number of halogens is 3. The number of imidazole rings is 1. The van der Waals surface area contributed by atoms with E-state index in [0.717, 1.165) is 40.8 Å². The first-order valence-corrected chi connectivity index (χ1v) is 16.3. The van der Waals surface area contributed by atoms with E-state index in [4.69, 9.17) is 9.72 Å². The second-order valence-corrected chi connectivity index (χ2v) is 12.7. The topological polar surface area (TPSA) is 137 Å². The van der Waals surface area contributed by atoms with Crippen molar-refractivity contribution < 1.29 is 42.2 Å². The van der Waals surface area contributed by atoms with E-state index in [9.17, 15) is 28.7 Å². The molecule has 2 saturated heterocycles. The number of carbonyl (C=O) groups is 4. The highest BCUT2D eigenvalue weighted by atomic mass is 19.1. The predicted octanol–water partition coefficient (Wildman–Crippen LogP) is 2.68. The smallest absolute Gasteiger partial charge is 0.409 e. The summed E-state index contributed by atoms with van der Waals surface area (Å²) in [6.45, 7) is 1.63. The lowest BCUT2D eigenvalue weighted by molar-refractivity contribution is -0.146. The van der Waals surface area contributed by atoms with E-state index in [0.29, 0.717) is 0 Å². The number of alkyl halides is 1. The fraction of sp³-hybridized carbons (Fsp3) is 0.400. The summed E-state index contributed by atoms with van der Waals surface area (Å²) >= 11 is 0. The highest BCUT2D eigenvalue weighted by Crippen LogP contribution is 2.38. The van der Waals surface area contributed by atoms with Gasteiger partial charge in [-0.1, -0.05) is 30.3 Å². The molecular weight excluding hydrogens is 657 g/mol. The largest absolute Gasteiger partial charge is 0.448 e. The minimum absolute atomic E-state index is 0.0695. The Balaban J connectivity index is 1.34. The molecule has 50 heavy (non-hydrogen) atoms. The third-order valence-electron chi connectivity index (χ3n) is 9.19. The molecule has 3 aliphatic rings. The number of hydrogen-bond donors (Lipinski definition) is 2. The second-order valence-electron chi connectivity index (χ2n) is 12.7. The fourth-order valence-corrected chi connectivity index (χ4v) is 6.54. The number of nitrogens with one attached hydrogen (secondary N) is 1. The lowest BCUT2D eigenvalue weighted by atomic mass is 9.88. The van der Waals surface area contributed by atoms with Gasteiger partial charge in [-0.25, -0.2) is 22.9 Å². The van der Waals surface area contributed by atoms with Crippen molar-refractivity contribution in [2.75, 3.05) is 45.9 Å². The van der Waals surface area contributed by atoms with Gasteiger partial charge in [0, 0.05) is 75.0 Å². The quantitative estimate of drug-likeness (QED) is 0.277. The van der Waals surface area contributed by atoms with Gasteiger partial charge in [0.05, 0.1) is 18.3 Å². The Morgan fingerprint density at radius 3 is 2.46 bits per heavy atom. The Kier molecular flexibility index (Phi) is 10.3. The van der Waals surface area contributed by atoms with Crippen LogP contribution in [0.1, 0.15) is 24.4 Å². The molecule has 0 saturated carbocycles. The van der Waals surface area contributed by atoms with Crippen LogP contribution < -0.4 is 5.32 Å². The molecule has 0 spiro atoms. The van der Waals surface area contributed by atoms with E-state index in [1.165, 1.54) is 16.7 Å². The van der Waals surface area contributed by atoms with Gasteiger partial charge in [0.25, 0.3) is 17.7 Å². The normalized spacial score (nSPS) is 20.3. The maximum absolute atomic E-state index is 15.1. The third kappa shape index (κ3) is 7.43. The highest BCUT2D eigenvalue weighted by Gasteiger charge is 2.46. The van der Waals surface area contributed by atoms with Crippen LogP contribution in [0.4, 0.5) is 18.0 Å². The van der Waals surface area contributed by atoms with Crippen LogP contribution in [-0.2, 0) is 25.7 Å². The Bertz CT molecular complexity index is 1760. The van der Waals surface area contributed by atoms with Crippen molar-refractivity contribution in [3.8, 4) is 11.3 Å². The van der Waals surface area contributed by atoms with Gasteiger partial charge < -0.3 is 29.5 Å². The van der Waals surface area contributed by atoms with Crippen molar-refractivity contribution in [3.05, 3.63) is 89.9 Å². The molecule has 1 aromatic heterocycles. The summed E-state index contributed by atoms with van der Waals surface area (Å²) in [6, 6.07) is 11.4. The second kappa shape index (κ2) is 14.8. The number of carbonyl (C=O) groups excluding carboxylic acids is 4. The number of nitrogens with zero attached hydrogens (tertiary/aromatic N) is 5. The van der Waals surface area contributed by atoms with E-state index in [1.807, 2.05) is 30.3 Å². The summed E-state index contributed by atoms with van der Waals surface area (Å²) in [7, 11) is 0. The predicted molar refractivity (Wildman–Crippen MR) is 173 cm³/mol. The molecule has 0 aliphatic carbocycles. The average molecular weight is 695 g/mol. The van der Waals surface area contributed by atoms with E-state index >= 15 is 8.78 Å². The van der Waals surface area contributed by atoms with Crippen LogP contribution in [-0.4, -0.2) is 111 Å². The van der Waals surface area contributed by atoms with Gasteiger partial charge in [0.15, 0.2) is 0 Å². The number of amides is 4. The van der Waals surface area contributed by atoms with Crippen molar-refractivity contribution in [1.29, 1.82) is 0 Å². The van der Waals surface area contributed by atoms with Crippen molar-refractivity contribution in [2.45, 2.75) is 31.8 Å². The molecule has 0 bridgehead atoms. The number of imide groups is 1. The minimum atomic E-state index is -1.46. The lowest BCUT2D eigenvalue weighted by Crippen LogP contribution is -2.58. The Morgan fingerprint density at radius 2 is 1.80 bits per heavy atom. The van der Waals surface area contributed by atoms with Crippen LogP contribution in [0.15, 0.2) is 66.9 Å². The lowest BCUT2D eigenvalue weighted by Gasteiger charge is -2.46. The number of aliphatic hydroxyl groups excluding tert-OH is 1. The van der Waals surface area contributed by atoms with Gasteiger partial charge in [-0.3, -0.25) is 19.3 Å². The van der Waals surface area contributed by atoms with Gasteiger partial charge in [0.1, 0.15) is 36.3 Å². The molecule has 2 N–H and O–H groups in total. The zero-order valence-corrected chi connectivity index (χ0v) is 27.3. The van der Waals surface area contributed by atoms with Crippen molar-refractivity contribution >= 4 is 23.8 Å². The molecule has 2 aromatic carbocycles. The molecule has 4 atom stereocenters. The van der Waals surface area contributed by atoms with Crippen LogP contribution in [0, 0.1) is 23.5 Å². The van der Waals surface area contributed by atoms with Crippen molar-refractivity contribution in [3.63, 3.8) is 0 Å². The van der Waals surface area contributed by atoms with E-state index < -0.39 is 65.6 Å². The standard InChI is InChI=1S/C35H37F3N6O6/c1-21(45)34(48)44(19-23-14-39-15-28(23)38)32(24-17-42(18-24)35(49)50-12-11-43-30(46)9-10-31(43)47)33-40-29(26-13-25(36)7-8-27(26)37)20-41(33)16-22-5-3-2-4-6-22/h2-10,13,20-21,23-24,28,32,39,45H,11-12,14-19H2,1H3/t21?,23-,28-,32+/m0/s1. The summed E-state index contributed by atoms with van der Waals surface area (Å²) in [5.74, 6) is -3.90. The molecule has 264 valence electrons. The molecule has 15 heteroatoms. The molecule has 0 radical (unpaired) electrons. The average Bonchev–Trinajstić information content (AvgIpc) is 3.77. The number of aliphatic hydroxyl groups is 1. The molecule has 6 rings (SSSR count). The Morgan fingerprint density at radius 1 is 1.08 bits per heavy atom. The summed E-state index contributed by atoms with van der Waals surface area (Å²) in [5.41, 5.74) is 0.847. The Labute approximate surface area is 286 Å². The number of rotatable bonds is 12. The van der Waals surface area contributed by atoms with Gasteiger partial charge >= 0.3 is 6.09 Å². The van der Waals surface area contributed by atoms with E-state index in [2.05, 4.69) is 5.32 Å². The van der Waals surface area contributed by atoms with Gasteiger partial charge in [-0.15, -0.1) is 0 Å². The molecular formula is C35H37F3N6O6. The number of ether oxygens (including phenoxy) is 1. The number of benzene rings is 2. The van der Waals surface area contributed by atoms with Crippen LogP contribution in [0.3, 0.4) is 0 Å². The molecule has 1 unspecified atom stereocenters. The molecule has 2 fully saturated rings. The van der Waals surface area contributed by atoms with Gasteiger partial charge in [0.2, 0.25) is 0 Å². The maximum Gasteiger partial charge on any atom is 0.409 e. The Hall–Kier alpha value is -5.02. The zero-order chi connectivity index (χ0) is 35.5. The van der Waals surface area contributed by atoms with Gasteiger partial charge in [-0.2, -0.15) is 0 Å². The summed E-state index contributed by atoms with van der Waals surface area (Å²) in [4.78, 5) is 58.9. The first kappa shape index (κ1) is 34.8. The van der Waals surface area contributed by atoms with Crippen LogP contribution in [0.2, 0.25) is 0 Å². The molecule has 3 aliphatic heterocycles. The highest BCUT2D eigenvalue weighted by molar-refractivity contribution is 6.12. The summed E-state index contributed by atoms with van der Waals surface area (Å²) in [5, 5.41) is 13.5. The van der Waals surface area contributed by atoms with E-state index in [1.54, 1.807) is 10.8 Å². The van der Waals surface area contributed by atoms with Gasteiger partial charge in [-0.05, 0) is 30.7 Å². The molecule has 4 amide bonds. The first-order valence-electron chi connectivity index (χ1n) is 16.3. The summed E-state index contributed by atoms with van der Waals surface area (Å²) < 4.78 is 51.5. The van der Waals surface area contributed by atoms with Crippen LogP contribution >= 0.6 is 0 Å². The fourth-order valence-electron chi connectivity index (χ4n) is 6.54. The van der Waals surface area contributed by atoms with E-state index in [-0.39, 0.29) is 69.5 Å². The van der Waals surface area contributed by atoms with Crippen LogP contribution in [0.5, 0.6) is 0 Å². The number of likely N-dealkylation sites (tertiary alicyclic amines) is 1.